The number of hydrogen-bond acceptors (Lipinski definition) is 3. The lowest BCUT2D eigenvalue weighted by Crippen LogP contribution is -2.10. The van der Waals surface area contributed by atoms with Crippen LogP contribution in [0.4, 0.5) is 4.39 Å². The molecule has 2 aromatic carbocycles. The van der Waals surface area contributed by atoms with Gasteiger partial charge in [-0.25, -0.2) is 4.39 Å². The summed E-state index contributed by atoms with van der Waals surface area (Å²) in [4.78, 5) is 0. The Morgan fingerprint density at radius 1 is 0.950 bits per heavy atom. The van der Waals surface area contributed by atoms with Crippen LogP contribution in [-0.4, -0.2) is 20.3 Å². The van der Waals surface area contributed by atoms with Crippen molar-refractivity contribution in [3.8, 4) is 11.5 Å². The molecule has 0 aromatic heterocycles. The zero-order valence-corrected chi connectivity index (χ0v) is 11.4. The fraction of sp³-hybridized carbons (Fsp3) is 0.250. The van der Waals surface area contributed by atoms with Gasteiger partial charge in [-0.15, -0.1) is 0 Å². The highest BCUT2D eigenvalue weighted by atomic mass is 19.1. The van der Waals surface area contributed by atoms with Crippen molar-refractivity contribution in [2.45, 2.75) is 6.54 Å². The van der Waals surface area contributed by atoms with Gasteiger partial charge in [0.1, 0.15) is 30.5 Å². The van der Waals surface area contributed by atoms with Crippen LogP contribution in [0.15, 0.2) is 48.5 Å². The summed E-state index contributed by atoms with van der Waals surface area (Å²) in [7, 11) is 1.82. The highest BCUT2D eigenvalue weighted by Crippen LogP contribution is 2.16. The third kappa shape index (κ3) is 4.55. The van der Waals surface area contributed by atoms with Gasteiger partial charge in [-0.2, -0.15) is 0 Å². The Kier molecular flexibility index (Phi) is 5.38. The first-order valence-electron chi connectivity index (χ1n) is 6.52. The van der Waals surface area contributed by atoms with E-state index in [0.29, 0.717) is 25.5 Å². The molecule has 0 spiro atoms. The van der Waals surface area contributed by atoms with E-state index in [1.165, 1.54) is 12.1 Å². The molecular weight excluding hydrogens is 257 g/mol. The lowest BCUT2D eigenvalue weighted by Gasteiger charge is -2.10. The standard InChI is InChI=1S/C16H18FNO2/c1-18-12-13-9-14(17)11-16(10-13)20-8-7-19-15-5-3-2-4-6-15/h2-6,9-11,18H,7-8,12H2,1H3. The van der Waals surface area contributed by atoms with Crippen molar-refractivity contribution < 1.29 is 13.9 Å². The summed E-state index contributed by atoms with van der Waals surface area (Å²) in [6, 6.07) is 14.2. The first kappa shape index (κ1) is 14.3. The first-order valence-corrected chi connectivity index (χ1v) is 6.52. The molecule has 0 saturated carbocycles. The van der Waals surface area contributed by atoms with Crippen molar-refractivity contribution in [2.75, 3.05) is 20.3 Å². The summed E-state index contributed by atoms with van der Waals surface area (Å²) >= 11 is 0. The Labute approximate surface area is 118 Å². The number of ether oxygens (including phenoxy) is 2. The molecule has 2 aromatic rings. The quantitative estimate of drug-likeness (QED) is 0.788. The van der Waals surface area contributed by atoms with Gasteiger partial charge in [0.05, 0.1) is 0 Å². The molecule has 0 unspecified atom stereocenters. The molecule has 0 amide bonds. The highest BCUT2D eigenvalue weighted by Gasteiger charge is 2.02. The molecule has 0 heterocycles. The van der Waals surface area contributed by atoms with Crippen LogP contribution in [0.2, 0.25) is 0 Å². The minimum atomic E-state index is -0.295. The summed E-state index contributed by atoms with van der Waals surface area (Å²) in [5, 5.41) is 2.98. The molecule has 0 radical (unpaired) electrons. The van der Waals surface area contributed by atoms with Gasteiger partial charge in [-0.1, -0.05) is 18.2 Å². The summed E-state index contributed by atoms with van der Waals surface area (Å²) in [6.45, 7) is 1.40. The van der Waals surface area contributed by atoms with Crippen LogP contribution >= 0.6 is 0 Å². The molecule has 106 valence electrons. The molecular formula is C16H18FNO2. The van der Waals surface area contributed by atoms with Crippen LogP contribution in [0, 0.1) is 5.82 Å². The lowest BCUT2D eigenvalue weighted by molar-refractivity contribution is 0.216. The maximum absolute atomic E-state index is 13.4. The van der Waals surface area contributed by atoms with Gasteiger partial charge in [0.25, 0.3) is 0 Å². The predicted molar refractivity (Wildman–Crippen MR) is 76.6 cm³/mol. The largest absolute Gasteiger partial charge is 0.490 e. The minimum absolute atomic E-state index is 0.295. The predicted octanol–water partition coefficient (Wildman–Crippen LogP) is 3.00. The fourth-order valence-electron chi connectivity index (χ4n) is 1.85. The summed E-state index contributed by atoms with van der Waals surface area (Å²) in [5.41, 5.74) is 0.853. The van der Waals surface area contributed by atoms with E-state index < -0.39 is 0 Å². The van der Waals surface area contributed by atoms with E-state index in [9.17, 15) is 4.39 Å². The van der Waals surface area contributed by atoms with E-state index >= 15 is 0 Å². The van der Waals surface area contributed by atoms with Gasteiger partial charge in [-0.3, -0.25) is 0 Å². The second kappa shape index (κ2) is 7.50. The average Bonchev–Trinajstić information content (AvgIpc) is 2.45. The molecule has 3 nitrogen and oxygen atoms in total. The number of nitrogens with one attached hydrogen (secondary N) is 1. The number of hydrogen-bond donors (Lipinski definition) is 1. The van der Waals surface area contributed by atoms with Crippen LogP contribution in [-0.2, 0) is 6.54 Å². The van der Waals surface area contributed by atoms with E-state index in [4.69, 9.17) is 9.47 Å². The van der Waals surface area contributed by atoms with Crippen molar-refractivity contribution in [3.05, 3.63) is 59.9 Å². The molecule has 20 heavy (non-hydrogen) atoms. The van der Waals surface area contributed by atoms with Crippen LogP contribution in [0.5, 0.6) is 11.5 Å². The first-order chi connectivity index (χ1) is 9.78. The van der Waals surface area contributed by atoms with Crippen LogP contribution in [0.1, 0.15) is 5.56 Å². The van der Waals surface area contributed by atoms with Crippen LogP contribution < -0.4 is 14.8 Å². The summed E-state index contributed by atoms with van der Waals surface area (Å²) < 4.78 is 24.4. The lowest BCUT2D eigenvalue weighted by atomic mass is 10.2. The second-order valence-corrected chi connectivity index (χ2v) is 4.34. The topological polar surface area (TPSA) is 30.5 Å². The Morgan fingerprint density at radius 3 is 2.35 bits per heavy atom. The van der Waals surface area contributed by atoms with Crippen molar-refractivity contribution in [1.82, 2.24) is 5.32 Å². The summed E-state index contributed by atoms with van der Waals surface area (Å²) in [6.07, 6.45) is 0. The maximum atomic E-state index is 13.4. The number of benzene rings is 2. The van der Waals surface area contributed by atoms with E-state index in [2.05, 4.69) is 5.32 Å². The third-order valence-corrected chi connectivity index (χ3v) is 2.68. The van der Waals surface area contributed by atoms with Gasteiger partial charge in [0.2, 0.25) is 0 Å². The highest BCUT2D eigenvalue weighted by molar-refractivity contribution is 5.29. The molecule has 0 atom stereocenters. The second-order valence-electron chi connectivity index (χ2n) is 4.34. The van der Waals surface area contributed by atoms with E-state index in [1.54, 1.807) is 0 Å². The molecule has 0 saturated heterocycles. The van der Waals surface area contributed by atoms with Crippen molar-refractivity contribution in [2.24, 2.45) is 0 Å². The molecule has 0 fully saturated rings. The SMILES string of the molecule is CNCc1cc(F)cc(OCCOc2ccccc2)c1. The maximum Gasteiger partial charge on any atom is 0.127 e. The smallest absolute Gasteiger partial charge is 0.127 e. The molecule has 2 rings (SSSR count). The van der Waals surface area contributed by atoms with E-state index in [1.807, 2.05) is 43.4 Å². The monoisotopic (exact) mass is 275 g/mol. The van der Waals surface area contributed by atoms with Crippen LogP contribution in [0.25, 0.3) is 0 Å². The van der Waals surface area contributed by atoms with Crippen molar-refractivity contribution in [3.63, 3.8) is 0 Å². The fourth-order valence-corrected chi connectivity index (χ4v) is 1.85. The molecule has 0 aliphatic heterocycles. The van der Waals surface area contributed by atoms with Crippen molar-refractivity contribution in [1.29, 1.82) is 0 Å². The Hall–Kier alpha value is -2.07. The van der Waals surface area contributed by atoms with Gasteiger partial charge in [-0.05, 0) is 36.9 Å². The zero-order valence-electron chi connectivity index (χ0n) is 11.4. The molecule has 0 aliphatic rings. The van der Waals surface area contributed by atoms with Crippen molar-refractivity contribution >= 4 is 0 Å². The average molecular weight is 275 g/mol. The third-order valence-electron chi connectivity index (χ3n) is 2.68. The van der Waals surface area contributed by atoms with E-state index in [-0.39, 0.29) is 5.82 Å². The molecule has 4 heteroatoms. The molecule has 0 bridgehead atoms. The number of para-hydroxylation sites is 1. The van der Waals surface area contributed by atoms with Gasteiger partial charge >= 0.3 is 0 Å². The molecule has 0 aliphatic carbocycles. The number of halogens is 1. The Morgan fingerprint density at radius 2 is 1.65 bits per heavy atom. The molecule has 1 N–H and O–H groups in total. The van der Waals surface area contributed by atoms with Crippen LogP contribution in [0.3, 0.4) is 0 Å². The van der Waals surface area contributed by atoms with Gasteiger partial charge in [0.15, 0.2) is 0 Å². The number of rotatable bonds is 7. The van der Waals surface area contributed by atoms with Gasteiger partial charge < -0.3 is 14.8 Å². The Balaban J connectivity index is 1.81. The summed E-state index contributed by atoms with van der Waals surface area (Å²) in [5.74, 6) is 1.02. The van der Waals surface area contributed by atoms with E-state index in [0.717, 1.165) is 11.3 Å². The zero-order chi connectivity index (χ0) is 14.2. The minimum Gasteiger partial charge on any atom is -0.490 e. The normalized spacial score (nSPS) is 10.3. The Bertz CT molecular complexity index is 531. The van der Waals surface area contributed by atoms with Gasteiger partial charge in [0, 0.05) is 12.6 Å².